The van der Waals surface area contributed by atoms with Crippen molar-refractivity contribution in [2.24, 2.45) is 0 Å². The molecule has 3 heteroatoms. The van der Waals surface area contributed by atoms with Crippen molar-refractivity contribution in [1.29, 1.82) is 0 Å². The summed E-state index contributed by atoms with van der Waals surface area (Å²) in [6, 6.07) is 0. The van der Waals surface area contributed by atoms with E-state index >= 15 is 0 Å². The summed E-state index contributed by atoms with van der Waals surface area (Å²) in [5, 5.41) is 2.88. The van der Waals surface area contributed by atoms with Crippen LogP contribution in [0.25, 0.3) is 5.70 Å². The predicted molar refractivity (Wildman–Crippen MR) is 40.1 cm³/mol. The van der Waals surface area contributed by atoms with Crippen LogP contribution >= 0.6 is 0 Å². The first-order valence-electron chi connectivity index (χ1n) is 2.97. The normalized spacial score (nSPS) is 8.90. The van der Waals surface area contributed by atoms with Crippen molar-refractivity contribution in [3.8, 4) is 0 Å². The molecule has 0 amide bonds. The topological polar surface area (TPSA) is 37.8 Å². The third kappa shape index (κ3) is 1.31. The molecule has 1 heterocycles. The lowest BCUT2D eigenvalue weighted by Gasteiger charge is -2.00. The fourth-order valence-electron chi connectivity index (χ4n) is 0.583. The summed E-state index contributed by atoms with van der Waals surface area (Å²) in [7, 11) is 1.80. The zero-order chi connectivity index (χ0) is 7.40. The van der Waals surface area contributed by atoms with Crippen LogP contribution in [0.4, 0.5) is 0 Å². The Morgan fingerprint density at radius 3 is 2.90 bits per heavy atom. The molecule has 0 saturated heterocycles. The van der Waals surface area contributed by atoms with Gasteiger partial charge in [0.1, 0.15) is 5.69 Å². The summed E-state index contributed by atoms with van der Waals surface area (Å²) < 4.78 is 0. The van der Waals surface area contributed by atoms with Crippen molar-refractivity contribution in [3.05, 3.63) is 30.9 Å². The van der Waals surface area contributed by atoms with Crippen molar-refractivity contribution >= 4 is 5.70 Å². The van der Waals surface area contributed by atoms with E-state index in [1.165, 1.54) is 0 Å². The molecule has 0 atom stereocenters. The first kappa shape index (κ1) is 6.74. The summed E-state index contributed by atoms with van der Waals surface area (Å²) in [6.07, 6.45) is 4.93. The number of nitrogens with one attached hydrogen (secondary N) is 1. The van der Waals surface area contributed by atoms with Crippen LogP contribution in [0.15, 0.2) is 25.2 Å². The molecule has 0 bridgehead atoms. The van der Waals surface area contributed by atoms with Gasteiger partial charge in [0.2, 0.25) is 0 Å². The Morgan fingerprint density at radius 2 is 2.40 bits per heavy atom. The number of hydrogen-bond acceptors (Lipinski definition) is 3. The Labute approximate surface area is 59.8 Å². The molecule has 0 aliphatic rings. The second kappa shape index (κ2) is 2.96. The van der Waals surface area contributed by atoms with Gasteiger partial charge < -0.3 is 5.32 Å². The highest BCUT2D eigenvalue weighted by atomic mass is 14.9. The van der Waals surface area contributed by atoms with Gasteiger partial charge in [0.05, 0.1) is 11.9 Å². The standard InChI is InChI=1S/C7H9N3/c1-6(8-2)7-5-9-3-4-10-7/h3-5,8H,1H2,2H3. The van der Waals surface area contributed by atoms with E-state index in [0.717, 1.165) is 11.4 Å². The Bertz CT molecular complexity index is 218. The van der Waals surface area contributed by atoms with Crippen LogP contribution in [0.2, 0.25) is 0 Å². The van der Waals surface area contributed by atoms with Gasteiger partial charge >= 0.3 is 0 Å². The lowest BCUT2D eigenvalue weighted by Crippen LogP contribution is -2.04. The molecule has 0 aromatic carbocycles. The number of hydrogen-bond donors (Lipinski definition) is 1. The maximum atomic E-state index is 4.02. The number of nitrogens with zero attached hydrogens (tertiary/aromatic N) is 2. The Hall–Kier alpha value is -1.38. The van der Waals surface area contributed by atoms with E-state index in [-0.39, 0.29) is 0 Å². The van der Waals surface area contributed by atoms with Crippen LogP contribution in [-0.2, 0) is 0 Å². The molecule has 0 saturated carbocycles. The van der Waals surface area contributed by atoms with E-state index in [2.05, 4.69) is 21.9 Å². The van der Waals surface area contributed by atoms with Crippen LogP contribution in [0, 0.1) is 0 Å². The lowest BCUT2D eigenvalue weighted by atomic mass is 10.3. The van der Waals surface area contributed by atoms with Crippen molar-refractivity contribution in [3.63, 3.8) is 0 Å². The lowest BCUT2D eigenvalue weighted by molar-refractivity contribution is 1.07. The van der Waals surface area contributed by atoms with Crippen LogP contribution < -0.4 is 5.32 Å². The quantitative estimate of drug-likeness (QED) is 0.647. The molecule has 0 unspecified atom stereocenters. The van der Waals surface area contributed by atoms with Gasteiger partial charge in [-0.15, -0.1) is 0 Å². The number of rotatable bonds is 2. The summed E-state index contributed by atoms with van der Waals surface area (Å²) in [5.74, 6) is 0. The van der Waals surface area contributed by atoms with Crippen molar-refractivity contribution < 1.29 is 0 Å². The molecule has 52 valence electrons. The van der Waals surface area contributed by atoms with E-state index < -0.39 is 0 Å². The van der Waals surface area contributed by atoms with Crippen LogP contribution in [0.3, 0.4) is 0 Å². The summed E-state index contributed by atoms with van der Waals surface area (Å²) in [6.45, 7) is 3.73. The summed E-state index contributed by atoms with van der Waals surface area (Å²) >= 11 is 0. The van der Waals surface area contributed by atoms with Gasteiger partial charge in [-0.1, -0.05) is 6.58 Å². The molecule has 0 aliphatic heterocycles. The largest absolute Gasteiger partial charge is 0.387 e. The zero-order valence-corrected chi connectivity index (χ0v) is 5.83. The maximum absolute atomic E-state index is 4.02. The Morgan fingerprint density at radius 1 is 1.60 bits per heavy atom. The number of aromatic nitrogens is 2. The molecule has 0 fully saturated rings. The Kier molecular flexibility index (Phi) is 1.99. The van der Waals surface area contributed by atoms with Crippen molar-refractivity contribution in [1.82, 2.24) is 15.3 Å². The molecule has 10 heavy (non-hydrogen) atoms. The fourth-order valence-corrected chi connectivity index (χ4v) is 0.583. The van der Waals surface area contributed by atoms with Gasteiger partial charge in [0, 0.05) is 19.4 Å². The third-order valence-corrected chi connectivity index (χ3v) is 1.17. The molecule has 0 spiro atoms. The molecule has 1 aromatic heterocycles. The zero-order valence-electron chi connectivity index (χ0n) is 5.83. The SMILES string of the molecule is C=C(NC)c1cnccn1. The van der Waals surface area contributed by atoms with Gasteiger partial charge in [0.25, 0.3) is 0 Å². The van der Waals surface area contributed by atoms with Crippen molar-refractivity contribution in [2.45, 2.75) is 0 Å². The highest BCUT2D eigenvalue weighted by molar-refractivity contribution is 5.56. The average Bonchev–Trinajstić information content (AvgIpc) is 2.05. The molecule has 0 aliphatic carbocycles. The van der Waals surface area contributed by atoms with Gasteiger partial charge in [-0.05, 0) is 0 Å². The minimum absolute atomic E-state index is 0.782. The van der Waals surface area contributed by atoms with E-state index in [4.69, 9.17) is 0 Å². The molecular formula is C7H9N3. The summed E-state index contributed by atoms with van der Waals surface area (Å²) in [5.41, 5.74) is 1.57. The van der Waals surface area contributed by atoms with Crippen LogP contribution in [0.1, 0.15) is 5.69 Å². The first-order valence-corrected chi connectivity index (χ1v) is 2.97. The average molecular weight is 135 g/mol. The highest BCUT2D eigenvalue weighted by Crippen LogP contribution is 1.99. The molecular weight excluding hydrogens is 126 g/mol. The molecule has 1 N–H and O–H groups in total. The monoisotopic (exact) mass is 135 g/mol. The van der Waals surface area contributed by atoms with Crippen molar-refractivity contribution in [2.75, 3.05) is 7.05 Å². The third-order valence-electron chi connectivity index (χ3n) is 1.17. The molecule has 1 rings (SSSR count). The maximum Gasteiger partial charge on any atom is 0.104 e. The second-order valence-corrected chi connectivity index (χ2v) is 1.82. The smallest absolute Gasteiger partial charge is 0.104 e. The predicted octanol–water partition coefficient (Wildman–Crippen LogP) is 0.667. The highest BCUT2D eigenvalue weighted by Gasteiger charge is 1.93. The summed E-state index contributed by atoms with van der Waals surface area (Å²) in [4.78, 5) is 7.92. The first-order chi connectivity index (χ1) is 4.84. The molecule has 1 aromatic rings. The molecule has 3 nitrogen and oxygen atoms in total. The van der Waals surface area contributed by atoms with E-state index in [9.17, 15) is 0 Å². The van der Waals surface area contributed by atoms with Gasteiger partial charge in [-0.3, -0.25) is 9.97 Å². The fraction of sp³-hybridized carbons (Fsp3) is 0.143. The van der Waals surface area contributed by atoms with E-state index in [1.54, 1.807) is 25.6 Å². The Balaban J connectivity index is 2.85. The minimum atomic E-state index is 0.782. The van der Waals surface area contributed by atoms with Crippen LogP contribution in [0.5, 0.6) is 0 Å². The second-order valence-electron chi connectivity index (χ2n) is 1.82. The van der Waals surface area contributed by atoms with Crippen LogP contribution in [-0.4, -0.2) is 17.0 Å². The molecule has 0 radical (unpaired) electrons. The van der Waals surface area contributed by atoms with Gasteiger partial charge in [0.15, 0.2) is 0 Å². The van der Waals surface area contributed by atoms with Gasteiger partial charge in [-0.25, -0.2) is 0 Å². The van der Waals surface area contributed by atoms with E-state index in [1.807, 2.05) is 0 Å². The van der Waals surface area contributed by atoms with Gasteiger partial charge in [-0.2, -0.15) is 0 Å². The van der Waals surface area contributed by atoms with E-state index in [0.29, 0.717) is 0 Å². The minimum Gasteiger partial charge on any atom is -0.387 e.